The molecule has 0 aromatic carbocycles. The van der Waals surface area contributed by atoms with Gasteiger partial charge in [-0.1, -0.05) is 6.07 Å². The molecule has 1 fully saturated rings. The molecule has 3 aromatic rings. The molecule has 7 nitrogen and oxygen atoms in total. The second-order valence-corrected chi connectivity index (χ2v) is 7.69. The molecule has 1 aliphatic rings. The quantitative estimate of drug-likeness (QED) is 0.681. The Morgan fingerprint density at radius 2 is 1.85 bits per heavy atom. The van der Waals surface area contributed by atoms with Gasteiger partial charge in [-0.3, -0.25) is 14.3 Å². The number of thiophene rings is 1. The van der Waals surface area contributed by atoms with Gasteiger partial charge in [0.2, 0.25) is 5.91 Å². The van der Waals surface area contributed by atoms with Gasteiger partial charge in [0.1, 0.15) is 0 Å². The third-order valence-electron chi connectivity index (χ3n) is 4.98. The standard InChI is InChI=1S/C19H21N5O2S/c1-12-17-14(19(26)24-8-6-23(7-9-24)13(2)25)11-15(16-5-4-10-27-16)20-18(17)22(3)21-12/h4-5,10-11H,6-9H2,1-3H3. The average Bonchev–Trinajstić information content (AvgIpc) is 3.29. The summed E-state index contributed by atoms with van der Waals surface area (Å²) >= 11 is 1.60. The fraction of sp³-hybridized carbons (Fsp3) is 0.368. The van der Waals surface area contributed by atoms with Gasteiger partial charge >= 0.3 is 0 Å². The van der Waals surface area contributed by atoms with E-state index in [1.165, 1.54) is 0 Å². The number of piperazine rings is 1. The molecular formula is C19H21N5O2S. The van der Waals surface area contributed by atoms with Crippen LogP contribution in [0.2, 0.25) is 0 Å². The average molecular weight is 383 g/mol. The van der Waals surface area contributed by atoms with Crippen molar-refractivity contribution in [2.45, 2.75) is 13.8 Å². The zero-order chi connectivity index (χ0) is 19.1. The van der Waals surface area contributed by atoms with Gasteiger partial charge in [-0.2, -0.15) is 5.10 Å². The van der Waals surface area contributed by atoms with Crippen LogP contribution in [0.4, 0.5) is 0 Å². The molecule has 0 spiro atoms. The molecule has 0 unspecified atom stereocenters. The van der Waals surface area contributed by atoms with Crippen molar-refractivity contribution < 1.29 is 9.59 Å². The second-order valence-electron chi connectivity index (χ2n) is 6.74. The molecule has 8 heteroatoms. The molecule has 0 atom stereocenters. The molecule has 2 amide bonds. The second kappa shape index (κ2) is 6.77. The van der Waals surface area contributed by atoms with Crippen molar-refractivity contribution in [1.29, 1.82) is 0 Å². The molecule has 140 valence electrons. The monoisotopic (exact) mass is 383 g/mol. The van der Waals surface area contributed by atoms with Crippen molar-refractivity contribution in [2.75, 3.05) is 26.2 Å². The molecule has 0 aliphatic carbocycles. The highest BCUT2D eigenvalue weighted by molar-refractivity contribution is 7.13. The zero-order valence-corrected chi connectivity index (χ0v) is 16.4. The van der Waals surface area contributed by atoms with Crippen molar-refractivity contribution in [3.63, 3.8) is 0 Å². The summed E-state index contributed by atoms with van der Waals surface area (Å²) in [5, 5.41) is 7.27. The van der Waals surface area contributed by atoms with Gasteiger partial charge in [0.05, 0.1) is 27.2 Å². The van der Waals surface area contributed by atoms with Crippen LogP contribution in [0, 0.1) is 6.92 Å². The van der Waals surface area contributed by atoms with E-state index in [9.17, 15) is 9.59 Å². The number of nitrogens with zero attached hydrogens (tertiary/aromatic N) is 5. The first-order valence-corrected chi connectivity index (χ1v) is 9.76. The van der Waals surface area contributed by atoms with Crippen LogP contribution in [0.5, 0.6) is 0 Å². The number of aromatic nitrogens is 3. The molecule has 1 aliphatic heterocycles. The Balaban J connectivity index is 1.76. The first-order valence-electron chi connectivity index (χ1n) is 8.88. The lowest BCUT2D eigenvalue weighted by molar-refractivity contribution is -0.130. The molecule has 1 saturated heterocycles. The first kappa shape index (κ1) is 17.7. The van der Waals surface area contributed by atoms with Crippen LogP contribution in [0.1, 0.15) is 23.0 Å². The normalized spacial score (nSPS) is 14.8. The van der Waals surface area contributed by atoms with Crippen LogP contribution in [0.15, 0.2) is 23.6 Å². The van der Waals surface area contributed by atoms with Crippen LogP contribution >= 0.6 is 11.3 Å². The summed E-state index contributed by atoms with van der Waals surface area (Å²) in [6.45, 7) is 5.68. The minimum absolute atomic E-state index is 0.0282. The Bertz CT molecular complexity index is 1020. The molecule has 0 N–H and O–H groups in total. The van der Waals surface area contributed by atoms with E-state index < -0.39 is 0 Å². The molecule has 27 heavy (non-hydrogen) atoms. The van der Waals surface area contributed by atoms with Crippen LogP contribution in [-0.2, 0) is 11.8 Å². The molecule has 0 saturated carbocycles. The summed E-state index contributed by atoms with van der Waals surface area (Å²) in [5.41, 5.74) is 2.92. The predicted molar refractivity (Wildman–Crippen MR) is 105 cm³/mol. The maximum absolute atomic E-state index is 13.3. The van der Waals surface area contributed by atoms with Gasteiger partial charge in [0.25, 0.3) is 5.91 Å². The van der Waals surface area contributed by atoms with E-state index >= 15 is 0 Å². The highest BCUT2D eigenvalue weighted by Crippen LogP contribution is 2.30. The molecule has 3 aromatic heterocycles. The highest BCUT2D eigenvalue weighted by Gasteiger charge is 2.27. The number of carbonyl (C=O) groups excluding carboxylic acids is 2. The van der Waals surface area contributed by atoms with Gasteiger partial charge in [-0.15, -0.1) is 11.3 Å². The van der Waals surface area contributed by atoms with Gasteiger partial charge in [0, 0.05) is 40.2 Å². The van der Waals surface area contributed by atoms with Crippen LogP contribution < -0.4 is 0 Å². The van der Waals surface area contributed by atoms with Crippen LogP contribution in [0.25, 0.3) is 21.6 Å². The molecule has 0 radical (unpaired) electrons. The third kappa shape index (κ3) is 3.10. The minimum atomic E-state index is -0.0282. The Kier molecular flexibility index (Phi) is 4.43. The Morgan fingerprint density at radius 3 is 2.48 bits per heavy atom. The van der Waals surface area contributed by atoms with Crippen molar-refractivity contribution >= 4 is 34.2 Å². The number of fused-ring (bicyclic) bond motifs is 1. The van der Waals surface area contributed by atoms with E-state index in [1.54, 1.807) is 27.8 Å². The summed E-state index contributed by atoms with van der Waals surface area (Å²) in [5.74, 6) is 0.0241. The SMILES string of the molecule is CC(=O)N1CCN(C(=O)c2cc(-c3cccs3)nc3c2c(C)nn3C)CC1. The predicted octanol–water partition coefficient (Wildman–Crippen LogP) is 2.31. The van der Waals surface area contributed by atoms with E-state index in [2.05, 4.69) is 5.10 Å². The Hall–Kier alpha value is -2.74. The van der Waals surface area contributed by atoms with Crippen molar-refractivity contribution in [2.24, 2.45) is 7.05 Å². The fourth-order valence-corrected chi connectivity index (χ4v) is 4.25. The Morgan fingerprint density at radius 1 is 1.15 bits per heavy atom. The maximum atomic E-state index is 13.3. The number of aryl methyl sites for hydroxylation is 2. The summed E-state index contributed by atoms with van der Waals surface area (Å²) in [6, 6.07) is 5.85. The maximum Gasteiger partial charge on any atom is 0.254 e. The summed E-state index contributed by atoms with van der Waals surface area (Å²) < 4.78 is 1.73. The van der Waals surface area contributed by atoms with Crippen molar-refractivity contribution in [3.05, 3.63) is 34.8 Å². The lowest BCUT2D eigenvalue weighted by Crippen LogP contribution is -2.50. The lowest BCUT2D eigenvalue weighted by Gasteiger charge is -2.34. The summed E-state index contributed by atoms with van der Waals surface area (Å²) in [7, 11) is 1.85. The topological polar surface area (TPSA) is 71.3 Å². The Labute approximate surface area is 161 Å². The van der Waals surface area contributed by atoms with Crippen molar-refractivity contribution in [3.8, 4) is 10.6 Å². The zero-order valence-electron chi connectivity index (χ0n) is 15.6. The van der Waals surface area contributed by atoms with E-state index in [1.807, 2.05) is 42.5 Å². The van der Waals surface area contributed by atoms with Gasteiger partial charge in [-0.05, 0) is 24.4 Å². The molecular weight excluding hydrogens is 362 g/mol. The number of rotatable bonds is 2. The van der Waals surface area contributed by atoms with Crippen LogP contribution in [0.3, 0.4) is 0 Å². The number of amides is 2. The van der Waals surface area contributed by atoms with Crippen LogP contribution in [-0.4, -0.2) is 62.6 Å². The molecule has 0 bridgehead atoms. The third-order valence-corrected chi connectivity index (χ3v) is 5.88. The summed E-state index contributed by atoms with van der Waals surface area (Å²) in [6.07, 6.45) is 0. The van der Waals surface area contributed by atoms with E-state index in [0.717, 1.165) is 21.7 Å². The van der Waals surface area contributed by atoms with Crippen molar-refractivity contribution in [1.82, 2.24) is 24.6 Å². The minimum Gasteiger partial charge on any atom is -0.339 e. The smallest absolute Gasteiger partial charge is 0.254 e. The fourth-order valence-electron chi connectivity index (χ4n) is 3.56. The largest absolute Gasteiger partial charge is 0.339 e. The number of hydrogen-bond donors (Lipinski definition) is 0. The van der Waals surface area contributed by atoms with E-state index in [-0.39, 0.29) is 11.8 Å². The molecule has 4 heterocycles. The number of pyridine rings is 1. The molecule has 4 rings (SSSR count). The number of hydrogen-bond acceptors (Lipinski definition) is 5. The van der Waals surface area contributed by atoms with Gasteiger partial charge in [-0.25, -0.2) is 4.98 Å². The van der Waals surface area contributed by atoms with Gasteiger partial charge < -0.3 is 9.80 Å². The number of carbonyl (C=O) groups is 2. The van der Waals surface area contributed by atoms with E-state index in [0.29, 0.717) is 37.4 Å². The summed E-state index contributed by atoms with van der Waals surface area (Å²) in [4.78, 5) is 34.2. The van der Waals surface area contributed by atoms with E-state index in [4.69, 9.17) is 4.98 Å². The lowest BCUT2D eigenvalue weighted by atomic mass is 10.1. The van der Waals surface area contributed by atoms with Gasteiger partial charge in [0.15, 0.2) is 5.65 Å². The first-order chi connectivity index (χ1) is 13.0. The highest BCUT2D eigenvalue weighted by atomic mass is 32.1.